The van der Waals surface area contributed by atoms with Crippen LogP contribution in [0, 0.1) is 12.8 Å². The average molecular weight is 292 g/mol. The molecule has 1 nitrogen and oxygen atoms in total. The summed E-state index contributed by atoms with van der Waals surface area (Å²) in [6.45, 7) is 6.24. The van der Waals surface area contributed by atoms with Crippen molar-refractivity contribution >= 4 is 27.5 Å². The van der Waals surface area contributed by atoms with Crippen LogP contribution in [0.2, 0.25) is 0 Å². The molecule has 0 aromatic heterocycles. The molecule has 0 fully saturated rings. The zero-order valence-corrected chi connectivity index (χ0v) is 11.8. The van der Waals surface area contributed by atoms with Crippen molar-refractivity contribution in [1.29, 1.82) is 0 Å². The maximum atomic E-state index is 6.35. The van der Waals surface area contributed by atoms with E-state index in [0.717, 1.165) is 21.3 Å². The Balaban J connectivity index is 3.21. The van der Waals surface area contributed by atoms with E-state index < -0.39 is 0 Å². The number of alkyl halides is 1. The fraction of sp³-hybridized carbons (Fsp3) is 0.500. The summed E-state index contributed by atoms with van der Waals surface area (Å²) in [7, 11) is 1.68. The molecule has 0 saturated heterocycles. The molecular formula is C12H16BrClO. The first-order valence-corrected chi connectivity index (χ1v) is 6.18. The zero-order valence-electron chi connectivity index (χ0n) is 9.47. The molecule has 1 unspecified atom stereocenters. The van der Waals surface area contributed by atoms with Gasteiger partial charge in [-0.25, -0.2) is 0 Å². The van der Waals surface area contributed by atoms with E-state index in [1.165, 1.54) is 0 Å². The van der Waals surface area contributed by atoms with Crippen LogP contribution in [0.5, 0.6) is 5.75 Å². The molecule has 0 spiro atoms. The Kier molecular flexibility index (Phi) is 4.47. The maximum absolute atomic E-state index is 6.35. The monoisotopic (exact) mass is 290 g/mol. The van der Waals surface area contributed by atoms with Crippen molar-refractivity contribution in [2.45, 2.75) is 26.1 Å². The lowest BCUT2D eigenvalue weighted by Crippen LogP contribution is -2.02. The third kappa shape index (κ3) is 2.88. The molecule has 3 heteroatoms. The normalized spacial score (nSPS) is 13.0. The van der Waals surface area contributed by atoms with Gasteiger partial charge in [-0.2, -0.15) is 0 Å². The summed E-state index contributed by atoms with van der Waals surface area (Å²) >= 11 is 9.86. The van der Waals surface area contributed by atoms with Crippen LogP contribution in [0.3, 0.4) is 0 Å². The second-order valence-electron chi connectivity index (χ2n) is 3.99. The lowest BCUT2D eigenvalue weighted by atomic mass is 10.00. The smallest absolute Gasteiger partial charge is 0.123 e. The van der Waals surface area contributed by atoms with Gasteiger partial charge in [-0.3, -0.25) is 0 Å². The highest BCUT2D eigenvalue weighted by molar-refractivity contribution is 9.10. The number of rotatable bonds is 3. The fourth-order valence-electron chi connectivity index (χ4n) is 1.42. The lowest BCUT2D eigenvalue weighted by molar-refractivity contribution is 0.405. The number of benzene rings is 1. The molecule has 0 radical (unpaired) electrons. The molecule has 15 heavy (non-hydrogen) atoms. The molecule has 0 heterocycles. The SMILES string of the molecule is COc1cc(C)c(Br)cc1C(Cl)C(C)C. The van der Waals surface area contributed by atoms with Gasteiger partial charge in [0, 0.05) is 10.0 Å². The third-order valence-electron chi connectivity index (χ3n) is 2.39. The highest BCUT2D eigenvalue weighted by Gasteiger charge is 2.18. The van der Waals surface area contributed by atoms with Gasteiger partial charge in [0.1, 0.15) is 5.75 Å². The van der Waals surface area contributed by atoms with E-state index in [0.29, 0.717) is 5.92 Å². The fourth-order valence-corrected chi connectivity index (χ4v) is 1.95. The van der Waals surface area contributed by atoms with E-state index in [4.69, 9.17) is 16.3 Å². The second kappa shape index (κ2) is 5.22. The molecule has 0 aliphatic carbocycles. The van der Waals surface area contributed by atoms with Gasteiger partial charge in [0.2, 0.25) is 0 Å². The van der Waals surface area contributed by atoms with E-state index in [-0.39, 0.29) is 5.38 Å². The predicted octanol–water partition coefficient (Wildman–Crippen LogP) is 4.70. The minimum Gasteiger partial charge on any atom is -0.496 e. The number of halogens is 2. The summed E-state index contributed by atoms with van der Waals surface area (Å²) in [4.78, 5) is 0. The minimum atomic E-state index is -0.0168. The van der Waals surface area contributed by atoms with Crippen LogP contribution < -0.4 is 4.74 Å². The minimum absolute atomic E-state index is 0.0168. The lowest BCUT2D eigenvalue weighted by Gasteiger charge is -2.18. The Bertz CT molecular complexity index is 350. The first-order valence-electron chi connectivity index (χ1n) is 4.95. The summed E-state index contributed by atoms with van der Waals surface area (Å²) in [6.07, 6.45) is 0. The number of hydrogen-bond acceptors (Lipinski definition) is 1. The van der Waals surface area contributed by atoms with Crippen LogP contribution in [-0.4, -0.2) is 7.11 Å². The predicted molar refractivity (Wildman–Crippen MR) is 68.9 cm³/mol. The molecule has 84 valence electrons. The number of methoxy groups -OCH3 is 1. The van der Waals surface area contributed by atoms with Gasteiger partial charge in [0.25, 0.3) is 0 Å². The largest absolute Gasteiger partial charge is 0.496 e. The second-order valence-corrected chi connectivity index (χ2v) is 5.31. The van der Waals surface area contributed by atoms with Crippen molar-refractivity contribution in [2.75, 3.05) is 7.11 Å². The van der Waals surface area contributed by atoms with Gasteiger partial charge in [-0.05, 0) is 30.5 Å². The summed E-state index contributed by atoms with van der Waals surface area (Å²) in [5.41, 5.74) is 2.20. The maximum Gasteiger partial charge on any atom is 0.123 e. The summed E-state index contributed by atoms with van der Waals surface area (Å²) in [5, 5.41) is -0.0168. The summed E-state index contributed by atoms with van der Waals surface area (Å²) < 4.78 is 6.42. The summed E-state index contributed by atoms with van der Waals surface area (Å²) in [6, 6.07) is 4.06. The van der Waals surface area contributed by atoms with Gasteiger partial charge in [0.15, 0.2) is 0 Å². The van der Waals surface area contributed by atoms with Crippen molar-refractivity contribution in [1.82, 2.24) is 0 Å². The molecule has 0 aliphatic heterocycles. The van der Waals surface area contributed by atoms with Gasteiger partial charge in [-0.1, -0.05) is 29.8 Å². The van der Waals surface area contributed by atoms with E-state index in [9.17, 15) is 0 Å². The average Bonchev–Trinajstić information content (AvgIpc) is 2.20. The van der Waals surface area contributed by atoms with Crippen molar-refractivity contribution < 1.29 is 4.74 Å². The van der Waals surface area contributed by atoms with Crippen LogP contribution in [-0.2, 0) is 0 Å². The molecule has 0 N–H and O–H groups in total. The highest BCUT2D eigenvalue weighted by atomic mass is 79.9. The van der Waals surface area contributed by atoms with E-state index >= 15 is 0 Å². The Labute approximate surface area is 105 Å². The van der Waals surface area contributed by atoms with Crippen LogP contribution >= 0.6 is 27.5 Å². The molecular weight excluding hydrogens is 275 g/mol. The van der Waals surface area contributed by atoms with E-state index in [1.54, 1.807) is 7.11 Å². The van der Waals surface area contributed by atoms with Crippen LogP contribution in [0.25, 0.3) is 0 Å². The molecule has 0 saturated carbocycles. The van der Waals surface area contributed by atoms with Crippen molar-refractivity contribution in [2.24, 2.45) is 5.92 Å². The first kappa shape index (κ1) is 12.9. The number of hydrogen-bond donors (Lipinski definition) is 0. The Morgan fingerprint density at radius 2 is 1.93 bits per heavy atom. The number of ether oxygens (including phenoxy) is 1. The Morgan fingerprint density at radius 1 is 1.33 bits per heavy atom. The van der Waals surface area contributed by atoms with Crippen LogP contribution in [0.15, 0.2) is 16.6 Å². The Hall–Kier alpha value is -0.210. The molecule has 1 aromatic carbocycles. The van der Waals surface area contributed by atoms with Gasteiger partial charge < -0.3 is 4.74 Å². The van der Waals surface area contributed by atoms with E-state index in [2.05, 4.69) is 29.8 Å². The van der Waals surface area contributed by atoms with Crippen LogP contribution in [0.4, 0.5) is 0 Å². The zero-order chi connectivity index (χ0) is 11.6. The van der Waals surface area contributed by atoms with Crippen LogP contribution in [0.1, 0.15) is 30.4 Å². The topological polar surface area (TPSA) is 9.23 Å². The molecule has 0 bridgehead atoms. The highest BCUT2D eigenvalue weighted by Crippen LogP contribution is 2.37. The quantitative estimate of drug-likeness (QED) is 0.733. The standard InChI is InChI=1S/C12H16BrClO/c1-7(2)12(14)9-6-10(13)8(3)5-11(9)15-4/h5-7,12H,1-4H3. The van der Waals surface area contributed by atoms with E-state index in [1.807, 2.05) is 19.1 Å². The van der Waals surface area contributed by atoms with Crippen molar-refractivity contribution in [3.05, 3.63) is 27.7 Å². The molecule has 0 amide bonds. The van der Waals surface area contributed by atoms with Gasteiger partial charge in [0.05, 0.1) is 12.5 Å². The van der Waals surface area contributed by atoms with Crippen molar-refractivity contribution in [3.8, 4) is 5.75 Å². The Morgan fingerprint density at radius 3 is 2.40 bits per heavy atom. The molecule has 1 atom stereocenters. The van der Waals surface area contributed by atoms with Gasteiger partial charge >= 0.3 is 0 Å². The summed E-state index contributed by atoms with van der Waals surface area (Å²) in [5.74, 6) is 1.25. The number of aryl methyl sites for hydroxylation is 1. The van der Waals surface area contributed by atoms with Gasteiger partial charge in [-0.15, -0.1) is 11.6 Å². The molecule has 1 aromatic rings. The third-order valence-corrected chi connectivity index (χ3v) is 3.99. The van der Waals surface area contributed by atoms with Crippen molar-refractivity contribution in [3.63, 3.8) is 0 Å². The molecule has 0 aliphatic rings. The molecule has 1 rings (SSSR count). The first-order chi connectivity index (χ1) is 6.97.